The fourth-order valence-corrected chi connectivity index (χ4v) is 4.91. The SMILES string of the molecule is CCCCN(CCCC)c1ccc(C=Cc2ccc(C=CC3=C(C#N)C(=C(C#N)C#N)NC(C(F)(F)F)=C3)s2)cc1. The first-order valence-corrected chi connectivity index (χ1v) is 14.1. The van der Waals surface area contributed by atoms with Crippen LogP contribution in [0.5, 0.6) is 0 Å². The lowest BCUT2D eigenvalue weighted by molar-refractivity contribution is -0.0959. The number of nitriles is 3. The van der Waals surface area contributed by atoms with Crippen molar-refractivity contribution in [3.05, 3.63) is 92.0 Å². The van der Waals surface area contributed by atoms with Crippen LogP contribution in [0.2, 0.25) is 0 Å². The highest BCUT2D eigenvalue weighted by atomic mass is 32.1. The fraction of sp³-hybridized carbons (Fsp3) is 0.281. The number of alkyl halides is 3. The molecule has 0 fully saturated rings. The third-order valence-electron chi connectivity index (χ3n) is 6.33. The van der Waals surface area contributed by atoms with Gasteiger partial charge >= 0.3 is 6.18 Å². The molecule has 210 valence electrons. The van der Waals surface area contributed by atoms with Crippen molar-refractivity contribution >= 4 is 35.3 Å². The van der Waals surface area contributed by atoms with E-state index in [1.165, 1.54) is 23.1 Å². The van der Waals surface area contributed by atoms with E-state index in [1.54, 1.807) is 18.2 Å². The Bertz CT molecular complexity index is 1480. The molecule has 0 amide bonds. The van der Waals surface area contributed by atoms with Crippen LogP contribution in [-0.4, -0.2) is 19.3 Å². The minimum atomic E-state index is -4.76. The van der Waals surface area contributed by atoms with Gasteiger partial charge in [-0.1, -0.05) is 51.0 Å². The number of halogens is 3. The Morgan fingerprint density at radius 1 is 0.878 bits per heavy atom. The highest BCUT2D eigenvalue weighted by molar-refractivity contribution is 7.13. The molecule has 0 unspecified atom stereocenters. The molecule has 9 heteroatoms. The van der Waals surface area contributed by atoms with Crippen molar-refractivity contribution in [3.63, 3.8) is 0 Å². The van der Waals surface area contributed by atoms with Crippen LogP contribution in [0.3, 0.4) is 0 Å². The van der Waals surface area contributed by atoms with E-state index >= 15 is 0 Å². The number of nitrogens with one attached hydrogen (secondary N) is 1. The highest BCUT2D eigenvalue weighted by Gasteiger charge is 2.37. The zero-order valence-electron chi connectivity index (χ0n) is 22.9. The van der Waals surface area contributed by atoms with Gasteiger partial charge in [0.15, 0.2) is 5.57 Å². The van der Waals surface area contributed by atoms with Crippen molar-refractivity contribution in [2.24, 2.45) is 0 Å². The number of dihydropyridines is 1. The van der Waals surface area contributed by atoms with Crippen LogP contribution in [0.1, 0.15) is 54.8 Å². The summed E-state index contributed by atoms with van der Waals surface area (Å²) in [5, 5.41) is 30.0. The smallest absolute Gasteiger partial charge is 0.372 e. The molecule has 3 rings (SSSR count). The number of benzene rings is 1. The minimum Gasteiger partial charge on any atom is -0.372 e. The Morgan fingerprint density at radius 2 is 1.46 bits per heavy atom. The molecule has 2 heterocycles. The molecule has 0 aliphatic carbocycles. The van der Waals surface area contributed by atoms with Gasteiger partial charge in [-0.05, 0) is 66.5 Å². The van der Waals surface area contributed by atoms with Crippen molar-refractivity contribution in [1.82, 2.24) is 5.32 Å². The average molecular weight is 574 g/mol. The molecular formula is C32H30F3N5S. The Morgan fingerprint density at radius 3 is 1.98 bits per heavy atom. The minimum absolute atomic E-state index is 0.0472. The molecule has 2 aromatic rings. The second-order valence-electron chi connectivity index (χ2n) is 9.29. The van der Waals surface area contributed by atoms with E-state index in [0.29, 0.717) is 0 Å². The second-order valence-corrected chi connectivity index (χ2v) is 10.4. The quantitative estimate of drug-likeness (QED) is 0.272. The zero-order valence-corrected chi connectivity index (χ0v) is 23.7. The van der Waals surface area contributed by atoms with Crippen molar-refractivity contribution in [3.8, 4) is 18.2 Å². The maximum Gasteiger partial charge on any atom is 0.431 e. The molecular weight excluding hydrogens is 543 g/mol. The largest absolute Gasteiger partial charge is 0.431 e. The fourth-order valence-electron chi connectivity index (χ4n) is 4.10. The first kappa shape index (κ1) is 31.0. The summed E-state index contributed by atoms with van der Waals surface area (Å²) >= 11 is 1.44. The molecule has 41 heavy (non-hydrogen) atoms. The molecule has 1 aromatic heterocycles. The van der Waals surface area contributed by atoms with Crippen LogP contribution in [0.15, 0.2) is 76.7 Å². The summed E-state index contributed by atoms with van der Waals surface area (Å²) in [6.45, 7) is 6.48. The van der Waals surface area contributed by atoms with E-state index in [4.69, 9.17) is 0 Å². The van der Waals surface area contributed by atoms with Crippen molar-refractivity contribution in [2.45, 2.75) is 45.7 Å². The highest BCUT2D eigenvalue weighted by Crippen LogP contribution is 2.33. The normalized spacial score (nSPS) is 13.5. The number of hydrogen-bond acceptors (Lipinski definition) is 6. The van der Waals surface area contributed by atoms with E-state index in [2.05, 4.69) is 43.0 Å². The predicted molar refractivity (Wildman–Crippen MR) is 159 cm³/mol. The van der Waals surface area contributed by atoms with Crippen molar-refractivity contribution in [1.29, 1.82) is 15.8 Å². The van der Waals surface area contributed by atoms with Crippen LogP contribution < -0.4 is 10.2 Å². The third-order valence-corrected chi connectivity index (χ3v) is 7.34. The zero-order chi connectivity index (χ0) is 29.8. The van der Waals surface area contributed by atoms with Crippen LogP contribution in [0, 0.1) is 34.0 Å². The maximum atomic E-state index is 13.5. The van der Waals surface area contributed by atoms with E-state index in [1.807, 2.05) is 35.7 Å². The van der Waals surface area contributed by atoms with Crippen LogP contribution in [0.25, 0.3) is 18.2 Å². The number of thiophene rings is 1. The lowest BCUT2D eigenvalue weighted by atomic mass is 9.97. The summed E-state index contributed by atoms with van der Waals surface area (Å²) in [6, 6.07) is 17.1. The first-order chi connectivity index (χ1) is 19.7. The Balaban J connectivity index is 1.80. The summed E-state index contributed by atoms with van der Waals surface area (Å²) < 4.78 is 40.5. The molecule has 5 nitrogen and oxygen atoms in total. The molecule has 1 N–H and O–H groups in total. The lowest BCUT2D eigenvalue weighted by Gasteiger charge is -2.24. The van der Waals surface area contributed by atoms with Gasteiger partial charge in [-0.2, -0.15) is 29.0 Å². The van der Waals surface area contributed by atoms with Gasteiger partial charge in [0.05, 0.1) is 11.3 Å². The van der Waals surface area contributed by atoms with Gasteiger partial charge in [0, 0.05) is 28.5 Å². The van der Waals surface area contributed by atoms with Gasteiger partial charge in [-0.15, -0.1) is 11.3 Å². The number of rotatable bonds is 11. The van der Waals surface area contributed by atoms with E-state index in [9.17, 15) is 29.0 Å². The molecule has 1 aliphatic heterocycles. The predicted octanol–water partition coefficient (Wildman–Crippen LogP) is 8.51. The molecule has 0 radical (unpaired) electrons. The van der Waals surface area contributed by atoms with Gasteiger partial charge in [-0.3, -0.25) is 0 Å². The number of hydrogen-bond donors (Lipinski definition) is 1. The van der Waals surface area contributed by atoms with Gasteiger partial charge in [0.2, 0.25) is 0 Å². The average Bonchev–Trinajstić information content (AvgIpc) is 3.43. The lowest BCUT2D eigenvalue weighted by Crippen LogP contribution is -2.30. The number of allylic oxidation sites excluding steroid dienone is 6. The van der Waals surface area contributed by atoms with Crippen LogP contribution in [-0.2, 0) is 0 Å². The summed E-state index contributed by atoms with van der Waals surface area (Å²) in [4.78, 5) is 4.14. The van der Waals surface area contributed by atoms with Crippen LogP contribution in [0.4, 0.5) is 18.9 Å². The number of nitrogens with zero attached hydrogens (tertiary/aromatic N) is 4. The monoisotopic (exact) mass is 573 g/mol. The molecule has 1 aliphatic rings. The summed E-state index contributed by atoms with van der Waals surface area (Å²) in [7, 11) is 0. The van der Waals surface area contributed by atoms with Crippen molar-refractivity contribution < 1.29 is 13.2 Å². The molecule has 0 atom stereocenters. The van der Waals surface area contributed by atoms with E-state index < -0.39 is 23.1 Å². The molecule has 0 bridgehead atoms. The Labute approximate surface area is 243 Å². The maximum absolute atomic E-state index is 13.5. The Kier molecular flexibility index (Phi) is 11.2. The van der Waals surface area contributed by atoms with Gasteiger partial charge < -0.3 is 10.2 Å². The molecule has 0 saturated heterocycles. The standard InChI is InChI=1S/C32H30F3N5S/c1-3-5-17-40(18-6-4-2)26-11-7-23(8-12-26)9-13-27-15-16-28(41-27)14-10-24-19-30(32(33,34)35)39-31(29(24)22-38)25(20-36)21-37/h7-16,19,39H,3-6,17-18H2,1-2H3. The van der Waals surface area contributed by atoms with E-state index in [-0.39, 0.29) is 11.1 Å². The molecule has 0 saturated carbocycles. The Hall–Kier alpha value is -4.52. The van der Waals surface area contributed by atoms with E-state index in [0.717, 1.165) is 60.2 Å². The summed E-state index contributed by atoms with van der Waals surface area (Å²) in [6.07, 6.45) is 7.64. The van der Waals surface area contributed by atoms with Gasteiger partial charge in [0.1, 0.15) is 23.9 Å². The third kappa shape index (κ3) is 8.48. The topological polar surface area (TPSA) is 86.6 Å². The van der Waals surface area contributed by atoms with Gasteiger partial charge in [-0.25, -0.2) is 0 Å². The number of anilines is 1. The second kappa shape index (κ2) is 14.7. The van der Waals surface area contributed by atoms with Crippen molar-refractivity contribution in [2.75, 3.05) is 18.0 Å². The molecule has 0 spiro atoms. The summed E-state index contributed by atoms with van der Waals surface area (Å²) in [5.41, 5.74) is -0.203. The number of unbranched alkanes of at least 4 members (excludes halogenated alkanes) is 2. The van der Waals surface area contributed by atoms with Crippen LogP contribution >= 0.6 is 11.3 Å². The molecule has 1 aromatic carbocycles. The summed E-state index contributed by atoms with van der Waals surface area (Å²) in [5.74, 6) is 0. The first-order valence-electron chi connectivity index (χ1n) is 13.3. The van der Waals surface area contributed by atoms with Gasteiger partial charge in [0.25, 0.3) is 0 Å².